The first-order chi connectivity index (χ1) is 6.22. The number of alkyl carbamates (subject to hydrolysis) is 1. The SMILES string of the molecule is [B]c1ccc(COC(=O)NC)cc1. The zero-order valence-electron chi connectivity index (χ0n) is 7.41. The summed E-state index contributed by atoms with van der Waals surface area (Å²) in [4.78, 5) is 10.7. The van der Waals surface area contributed by atoms with E-state index in [1.165, 1.54) is 7.05 Å². The highest BCUT2D eigenvalue weighted by atomic mass is 16.5. The van der Waals surface area contributed by atoms with Gasteiger partial charge in [-0.3, -0.25) is 0 Å². The summed E-state index contributed by atoms with van der Waals surface area (Å²) in [7, 11) is 7.01. The van der Waals surface area contributed by atoms with Crippen molar-refractivity contribution in [3.05, 3.63) is 29.8 Å². The maximum Gasteiger partial charge on any atom is 0.407 e. The van der Waals surface area contributed by atoms with Gasteiger partial charge in [0.05, 0.1) is 0 Å². The fourth-order valence-electron chi connectivity index (χ4n) is 0.835. The van der Waals surface area contributed by atoms with Crippen LogP contribution < -0.4 is 10.8 Å². The summed E-state index contributed by atoms with van der Waals surface area (Å²) in [6.45, 7) is 0.264. The molecule has 0 spiro atoms. The molecular formula is C9H10BNO2. The van der Waals surface area contributed by atoms with Crippen LogP contribution in [0.4, 0.5) is 4.79 Å². The average Bonchev–Trinajstić information content (AvgIpc) is 2.16. The summed E-state index contributed by atoms with van der Waals surface area (Å²) in [6.07, 6.45) is -0.433. The third-order valence-corrected chi connectivity index (χ3v) is 1.55. The minimum atomic E-state index is -0.433. The Hall–Kier alpha value is -1.45. The molecule has 1 aromatic carbocycles. The first-order valence-corrected chi connectivity index (χ1v) is 3.91. The van der Waals surface area contributed by atoms with Crippen molar-refractivity contribution in [3.63, 3.8) is 0 Å². The molecule has 0 aliphatic heterocycles. The largest absolute Gasteiger partial charge is 0.445 e. The van der Waals surface area contributed by atoms with Gasteiger partial charge in [-0.15, -0.1) is 0 Å². The second-order valence-electron chi connectivity index (χ2n) is 2.57. The van der Waals surface area contributed by atoms with E-state index in [1.807, 2.05) is 12.1 Å². The second-order valence-corrected chi connectivity index (χ2v) is 2.57. The first-order valence-electron chi connectivity index (χ1n) is 3.91. The van der Waals surface area contributed by atoms with Crippen LogP contribution in [0, 0.1) is 0 Å². The standard InChI is InChI=1S/C9H10BNO2/c1-11-9(12)13-6-7-2-4-8(10)5-3-7/h2-5H,6H2,1H3,(H,11,12). The predicted molar refractivity (Wildman–Crippen MR) is 51.1 cm³/mol. The maximum atomic E-state index is 10.7. The van der Waals surface area contributed by atoms with Crippen LogP contribution in [0.1, 0.15) is 5.56 Å². The smallest absolute Gasteiger partial charge is 0.407 e. The molecule has 0 heterocycles. The molecule has 1 amide bonds. The first kappa shape index (κ1) is 9.64. The van der Waals surface area contributed by atoms with Crippen LogP contribution >= 0.6 is 0 Å². The highest BCUT2D eigenvalue weighted by Gasteiger charge is 1.97. The van der Waals surface area contributed by atoms with Crippen molar-refractivity contribution in [2.45, 2.75) is 6.61 Å². The molecule has 0 saturated heterocycles. The number of nitrogens with one attached hydrogen (secondary N) is 1. The van der Waals surface area contributed by atoms with Gasteiger partial charge in [0.1, 0.15) is 14.5 Å². The number of hydrogen-bond acceptors (Lipinski definition) is 2. The van der Waals surface area contributed by atoms with E-state index < -0.39 is 6.09 Å². The van der Waals surface area contributed by atoms with E-state index in [0.29, 0.717) is 5.46 Å². The quantitative estimate of drug-likeness (QED) is 0.658. The Bertz CT molecular complexity index is 284. The highest BCUT2D eigenvalue weighted by Crippen LogP contribution is 1.98. The normalized spacial score (nSPS) is 9.31. The molecule has 0 aromatic heterocycles. The van der Waals surface area contributed by atoms with Crippen LogP contribution in [0.5, 0.6) is 0 Å². The summed E-state index contributed by atoms with van der Waals surface area (Å²) in [6, 6.07) is 7.17. The van der Waals surface area contributed by atoms with Crippen LogP contribution in [-0.4, -0.2) is 21.0 Å². The number of carbonyl (C=O) groups excluding carboxylic acids is 1. The molecule has 0 fully saturated rings. The molecule has 1 rings (SSSR count). The number of ether oxygens (including phenoxy) is 1. The van der Waals surface area contributed by atoms with Gasteiger partial charge in [0.15, 0.2) is 0 Å². The third-order valence-electron chi connectivity index (χ3n) is 1.55. The lowest BCUT2D eigenvalue weighted by Gasteiger charge is -2.03. The number of amides is 1. The lowest BCUT2D eigenvalue weighted by atomic mass is 9.95. The van der Waals surface area contributed by atoms with E-state index in [4.69, 9.17) is 12.6 Å². The fourth-order valence-corrected chi connectivity index (χ4v) is 0.835. The molecule has 3 nitrogen and oxygen atoms in total. The number of benzene rings is 1. The van der Waals surface area contributed by atoms with E-state index in [1.54, 1.807) is 12.1 Å². The van der Waals surface area contributed by atoms with E-state index in [-0.39, 0.29) is 6.61 Å². The predicted octanol–water partition coefficient (Wildman–Crippen LogP) is 0.336. The van der Waals surface area contributed by atoms with Crippen LogP contribution in [-0.2, 0) is 11.3 Å². The summed E-state index contributed by atoms with van der Waals surface area (Å²) >= 11 is 0. The van der Waals surface area contributed by atoms with Crippen molar-refractivity contribution >= 4 is 19.4 Å². The maximum absolute atomic E-state index is 10.7. The van der Waals surface area contributed by atoms with Crippen LogP contribution in [0.3, 0.4) is 0 Å². The Morgan fingerprint density at radius 1 is 1.46 bits per heavy atom. The molecule has 0 atom stereocenters. The average molecular weight is 175 g/mol. The zero-order chi connectivity index (χ0) is 9.68. The van der Waals surface area contributed by atoms with E-state index in [2.05, 4.69) is 5.32 Å². The van der Waals surface area contributed by atoms with Crippen molar-refractivity contribution in [2.75, 3.05) is 7.05 Å². The molecule has 1 aromatic rings. The molecule has 66 valence electrons. The van der Waals surface area contributed by atoms with Gasteiger partial charge in [0.25, 0.3) is 0 Å². The molecule has 0 bridgehead atoms. The summed E-state index contributed by atoms with van der Waals surface area (Å²) in [5.74, 6) is 0. The summed E-state index contributed by atoms with van der Waals surface area (Å²) < 4.78 is 4.83. The van der Waals surface area contributed by atoms with Gasteiger partial charge >= 0.3 is 6.09 Å². The van der Waals surface area contributed by atoms with Crippen molar-refractivity contribution in [1.29, 1.82) is 0 Å². The molecule has 0 aliphatic carbocycles. The van der Waals surface area contributed by atoms with Crippen molar-refractivity contribution in [1.82, 2.24) is 5.32 Å². The van der Waals surface area contributed by atoms with Gasteiger partial charge in [-0.05, 0) is 5.56 Å². The van der Waals surface area contributed by atoms with Crippen molar-refractivity contribution < 1.29 is 9.53 Å². The number of rotatable bonds is 2. The van der Waals surface area contributed by atoms with Gasteiger partial charge in [-0.1, -0.05) is 29.7 Å². The van der Waals surface area contributed by atoms with Gasteiger partial charge in [0, 0.05) is 7.05 Å². The van der Waals surface area contributed by atoms with Crippen LogP contribution in [0.15, 0.2) is 24.3 Å². The molecule has 1 N–H and O–H groups in total. The number of carbonyl (C=O) groups is 1. The Morgan fingerprint density at radius 2 is 2.08 bits per heavy atom. The molecule has 0 saturated carbocycles. The Balaban J connectivity index is 2.46. The van der Waals surface area contributed by atoms with Crippen LogP contribution in [0.2, 0.25) is 0 Å². The molecule has 13 heavy (non-hydrogen) atoms. The minimum Gasteiger partial charge on any atom is -0.445 e. The topological polar surface area (TPSA) is 38.3 Å². The molecule has 0 aliphatic rings. The molecule has 0 unspecified atom stereocenters. The fraction of sp³-hybridized carbons (Fsp3) is 0.222. The van der Waals surface area contributed by atoms with Gasteiger partial charge < -0.3 is 10.1 Å². The van der Waals surface area contributed by atoms with E-state index in [0.717, 1.165) is 5.56 Å². The Kier molecular flexibility index (Phi) is 3.37. The zero-order valence-corrected chi connectivity index (χ0v) is 7.41. The third kappa shape index (κ3) is 3.19. The lowest BCUT2D eigenvalue weighted by Crippen LogP contribution is -2.18. The molecule has 2 radical (unpaired) electrons. The van der Waals surface area contributed by atoms with Gasteiger partial charge in [-0.25, -0.2) is 4.79 Å². The minimum absolute atomic E-state index is 0.264. The van der Waals surface area contributed by atoms with Crippen LogP contribution in [0.25, 0.3) is 0 Å². The van der Waals surface area contributed by atoms with Crippen molar-refractivity contribution in [2.24, 2.45) is 0 Å². The molecular weight excluding hydrogens is 165 g/mol. The highest BCUT2D eigenvalue weighted by molar-refractivity contribution is 6.32. The summed E-state index contributed by atoms with van der Waals surface area (Å²) in [5, 5.41) is 2.36. The Labute approximate surface area is 78.5 Å². The number of hydrogen-bond donors (Lipinski definition) is 1. The lowest BCUT2D eigenvalue weighted by molar-refractivity contribution is 0.142. The van der Waals surface area contributed by atoms with Crippen molar-refractivity contribution in [3.8, 4) is 0 Å². The van der Waals surface area contributed by atoms with E-state index in [9.17, 15) is 4.79 Å². The van der Waals surface area contributed by atoms with E-state index >= 15 is 0 Å². The Morgan fingerprint density at radius 3 is 2.62 bits per heavy atom. The monoisotopic (exact) mass is 175 g/mol. The van der Waals surface area contributed by atoms with Gasteiger partial charge in [-0.2, -0.15) is 0 Å². The second kappa shape index (κ2) is 4.55. The molecule has 4 heteroatoms. The van der Waals surface area contributed by atoms with Gasteiger partial charge in [0.2, 0.25) is 0 Å². The summed E-state index contributed by atoms with van der Waals surface area (Å²) in [5.41, 5.74) is 1.61.